The zero-order chi connectivity index (χ0) is 11.7. The summed E-state index contributed by atoms with van der Waals surface area (Å²) >= 11 is 6.32. The lowest BCUT2D eigenvalue weighted by molar-refractivity contribution is 0.823. The van der Waals surface area contributed by atoms with Gasteiger partial charge in [-0.05, 0) is 19.8 Å². The minimum absolute atomic E-state index is 0.701. The minimum atomic E-state index is 0.701. The molecule has 3 nitrogen and oxygen atoms in total. The Kier molecular flexibility index (Phi) is 3.15. The predicted octanol–water partition coefficient (Wildman–Crippen LogP) is 3.21. The molecule has 2 aromatic rings. The second-order valence-electron chi connectivity index (χ2n) is 3.98. The van der Waals surface area contributed by atoms with Crippen LogP contribution in [0, 0.1) is 6.92 Å². The van der Waals surface area contributed by atoms with Gasteiger partial charge in [-0.2, -0.15) is 5.10 Å². The molecule has 0 N–H and O–H groups in total. The fourth-order valence-corrected chi connectivity index (χ4v) is 2.33. The van der Waals surface area contributed by atoms with E-state index in [2.05, 4.69) is 23.9 Å². The summed E-state index contributed by atoms with van der Waals surface area (Å²) in [7, 11) is 0. The Balaban J connectivity index is 2.63. The first-order chi connectivity index (χ1) is 7.67. The van der Waals surface area contributed by atoms with Gasteiger partial charge in [-0.1, -0.05) is 31.9 Å². The molecule has 2 heterocycles. The van der Waals surface area contributed by atoms with Gasteiger partial charge in [0.2, 0.25) is 0 Å². The standard InChI is InChI=1S/C12H16ClN3/c1-4-6-9-7-11-14-8(3)10(5-2)12(13)16(11)15-9/h7H,4-6H2,1-3H3. The first-order valence-corrected chi connectivity index (χ1v) is 6.08. The maximum atomic E-state index is 6.32. The number of aryl methyl sites for hydroxylation is 2. The molecule has 2 rings (SSSR count). The van der Waals surface area contributed by atoms with Crippen molar-refractivity contribution >= 4 is 17.2 Å². The van der Waals surface area contributed by atoms with Crippen LogP contribution in [0.3, 0.4) is 0 Å². The number of halogens is 1. The Morgan fingerprint density at radius 3 is 2.75 bits per heavy atom. The average molecular weight is 238 g/mol. The molecule has 0 atom stereocenters. The van der Waals surface area contributed by atoms with Crippen LogP contribution < -0.4 is 0 Å². The van der Waals surface area contributed by atoms with Gasteiger partial charge >= 0.3 is 0 Å². The van der Waals surface area contributed by atoms with E-state index < -0.39 is 0 Å². The predicted molar refractivity (Wildman–Crippen MR) is 66.1 cm³/mol. The van der Waals surface area contributed by atoms with Gasteiger partial charge < -0.3 is 0 Å². The third-order valence-corrected chi connectivity index (χ3v) is 3.14. The zero-order valence-corrected chi connectivity index (χ0v) is 10.7. The van der Waals surface area contributed by atoms with Crippen LogP contribution >= 0.6 is 11.6 Å². The third-order valence-electron chi connectivity index (χ3n) is 2.75. The highest BCUT2D eigenvalue weighted by Crippen LogP contribution is 2.21. The van der Waals surface area contributed by atoms with E-state index >= 15 is 0 Å². The molecule has 0 aliphatic carbocycles. The number of fused-ring (bicyclic) bond motifs is 1. The van der Waals surface area contributed by atoms with Crippen molar-refractivity contribution in [2.24, 2.45) is 0 Å². The molecule has 0 saturated heterocycles. The number of aromatic nitrogens is 3. The van der Waals surface area contributed by atoms with Gasteiger partial charge in [-0.25, -0.2) is 9.50 Å². The van der Waals surface area contributed by atoms with Gasteiger partial charge in [0, 0.05) is 17.3 Å². The summed E-state index contributed by atoms with van der Waals surface area (Å²) in [5.74, 6) is 0. The van der Waals surface area contributed by atoms with Crippen LogP contribution in [0.15, 0.2) is 6.07 Å². The number of nitrogens with zero attached hydrogens (tertiary/aromatic N) is 3. The van der Waals surface area contributed by atoms with E-state index in [9.17, 15) is 0 Å². The first-order valence-electron chi connectivity index (χ1n) is 5.71. The molecule has 0 spiro atoms. The highest BCUT2D eigenvalue weighted by atomic mass is 35.5. The SMILES string of the molecule is CCCc1cc2nc(C)c(CC)c(Cl)n2n1. The van der Waals surface area contributed by atoms with Crippen LogP contribution in [-0.2, 0) is 12.8 Å². The van der Waals surface area contributed by atoms with Gasteiger partial charge in [0.05, 0.1) is 5.69 Å². The fraction of sp³-hybridized carbons (Fsp3) is 0.500. The van der Waals surface area contributed by atoms with Crippen molar-refractivity contribution in [1.29, 1.82) is 0 Å². The van der Waals surface area contributed by atoms with Crippen molar-refractivity contribution < 1.29 is 0 Å². The molecule has 0 amide bonds. The molecule has 16 heavy (non-hydrogen) atoms. The van der Waals surface area contributed by atoms with Crippen molar-refractivity contribution in [2.45, 2.75) is 40.0 Å². The summed E-state index contributed by atoms with van der Waals surface area (Å²) in [4.78, 5) is 4.53. The lowest BCUT2D eigenvalue weighted by Gasteiger charge is -2.06. The molecular formula is C12H16ClN3. The van der Waals surface area contributed by atoms with Crippen LogP contribution in [0.25, 0.3) is 5.65 Å². The third kappa shape index (κ3) is 1.80. The Hall–Kier alpha value is -1.09. The second kappa shape index (κ2) is 4.42. The largest absolute Gasteiger partial charge is 0.233 e. The van der Waals surface area contributed by atoms with E-state index in [-0.39, 0.29) is 0 Å². The molecule has 0 fully saturated rings. The number of hydrogen-bond acceptors (Lipinski definition) is 2. The van der Waals surface area contributed by atoms with Crippen molar-refractivity contribution in [3.8, 4) is 0 Å². The van der Waals surface area contributed by atoms with Crippen molar-refractivity contribution in [2.75, 3.05) is 0 Å². The first kappa shape index (κ1) is 11.4. The molecule has 0 saturated carbocycles. The van der Waals surface area contributed by atoms with E-state index in [1.165, 1.54) is 0 Å². The molecule has 4 heteroatoms. The van der Waals surface area contributed by atoms with Gasteiger partial charge in [0.15, 0.2) is 5.65 Å². The molecule has 0 aliphatic heterocycles. The Labute approximate surface area is 100 Å². The maximum absolute atomic E-state index is 6.32. The van der Waals surface area contributed by atoms with E-state index in [1.807, 2.05) is 13.0 Å². The van der Waals surface area contributed by atoms with E-state index in [4.69, 9.17) is 11.6 Å². The molecule has 0 unspecified atom stereocenters. The minimum Gasteiger partial charge on any atom is -0.233 e. The number of rotatable bonds is 3. The van der Waals surface area contributed by atoms with Crippen LogP contribution in [0.4, 0.5) is 0 Å². The second-order valence-corrected chi connectivity index (χ2v) is 4.33. The Morgan fingerprint density at radius 1 is 1.38 bits per heavy atom. The van der Waals surface area contributed by atoms with E-state index in [0.29, 0.717) is 5.15 Å². The quantitative estimate of drug-likeness (QED) is 0.768. The molecule has 2 aromatic heterocycles. The molecule has 0 bridgehead atoms. The molecule has 0 aromatic carbocycles. The van der Waals surface area contributed by atoms with Crippen LogP contribution in [0.5, 0.6) is 0 Å². The summed E-state index contributed by atoms with van der Waals surface area (Å²) in [6.07, 6.45) is 2.94. The van der Waals surface area contributed by atoms with Gasteiger partial charge in [-0.3, -0.25) is 0 Å². The van der Waals surface area contributed by atoms with E-state index in [0.717, 1.165) is 41.9 Å². The summed E-state index contributed by atoms with van der Waals surface area (Å²) in [6, 6.07) is 2.02. The normalized spacial score (nSPS) is 11.2. The molecule has 0 aliphatic rings. The molecule has 0 radical (unpaired) electrons. The number of hydrogen-bond donors (Lipinski definition) is 0. The van der Waals surface area contributed by atoms with E-state index in [1.54, 1.807) is 4.52 Å². The lowest BCUT2D eigenvalue weighted by Crippen LogP contribution is -2.01. The summed E-state index contributed by atoms with van der Waals surface area (Å²) in [6.45, 7) is 6.22. The summed E-state index contributed by atoms with van der Waals surface area (Å²) in [5.41, 5.74) is 4.00. The average Bonchev–Trinajstić information content (AvgIpc) is 2.62. The topological polar surface area (TPSA) is 30.2 Å². The van der Waals surface area contributed by atoms with Gasteiger partial charge in [-0.15, -0.1) is 0 Å². The summed E-state index contributed by atoms with van der Waals surface area (Å²) < 4.78 is 1.75. The van der Waals surface area contributed by atoms with Crippen molar-refractivity contribution in [3.05, 3.63) is 28.2 Å². The molecular weight excluding hydrogens is 222 g/mol. The highest BCUT2D eigenvalue weighted by Gasteiger charge is 2.11. The Morgan fingerprint density at radius 2 is 2.12 bits per heavy atom. The monoisotopic (exact) mass is 237 g/mol. The molecule has 86 valence electrons. The van der Waals surface area contributed by atoms with Crippen molar-refractivity contribution in [3.63, 3.8) is 0 Å². The Bertz CT molecular complexity index is 516. The van der Waals surface area contributed by atoms with Gasteiger partial charge in [0.1, 0.15) is 5.15 Å². The zero-order valence-electron chi connectivity index (χ0n) is 9.92. The fourth-order valence-electron chi connectivity index (χ4n) is 1.94. The van der Waals surface area contributed by atoms with Crippen LogP contribution in [0.1, 0.15) is 37.2 Å². The smallest absolute Gasteiger partial charge is 0.157 e. The van der Waals surface area contributed by atoms with Gasteiger partial charge in [0.25, 0.3) is 0 Å². The maximum Gasteiger partial charge on any atom is 0.157 e. The lowest BCUT2D eigenvalue weighted by atomic mass is 10.2. The van der Waals surface area contributed by atoms with Crippen LogP contribution in [-0.4, -0.2) is 14.6 Å². The van der Waals surface area contributed by atoms with Crippen molar-refractivity contribution in [1.82, 2.24) is 14.6 Å². The highest BCUT2D eigenvalue weighted by molar-refractivity contribution is 6.30. The summed E-state index contributed by atoms with van der Waals surface area (Å²) in [5, 5.41) is 5.18. The van der Waals surface area contributed by atoms with Crippen LogP contribution in [0.2, 0.25) is 5.15 Å².